The highest BCUT2D eigenvalue weighted by Crippen LogP contribution is 2.23. The Balaban J connectivity index is 2.09. The van der Waals surface area contributed by atoms with Crippen molar-refractivity contribution in [2.45, 2.75) is 18.9 Å². The summed E-state index contributed by atoms with van der Waals surface area (Å²) in [5, 5.41) is 1.29. The van der Waals surface area contributed by atoms with Gasteiger partial charge in [-0.15, -0.1) is 0 Å². The number of nitrogens with two attached hydrogens (primary N) is 1. The number of methoxy groups -OCH3 is 1. The number of rotatable bonds is 6. The van der Waals surface area contributed by atoms with Crippen molar-refractivity contribution in [3.05, 3.63) is 63.6 Å². The van der Waals surface area contributed by atoms with Gasteiger partial charge in [-0.25, -0.2) is 0 Å². The second-order valence-corrected chi connectivity index (χ2v) is 5.70. The van der Waals surface area contributed by atoms with E-state index < -0.39 is 0 Å². The lowest BCUT2D eigenvalue weighted by molar-refractivity contribution is 0.413. The summed E-state index contributed by atoms with van der Waals surface area (Å²) in [6, 6.07) is 13.5. The predicted molar refractivity (Wildman–Crippen MR) is 88.0 cm³/mol. The fourth-order valence-electron chi connectivity index (χ4n) is 2.23. The molecule has 2 rings (SSSR count). The molecular formula is C16H18Cl2N2O. The van der Waals surface area contributed by atoms with Gasteiger partial charge in [0.2, 0.25) is 0 Å². The van der Waals surface area contributed by atoms with Gasteiger partial charge in [-0.1, -0.05) is 41.4 Å². The Morgan fingerprint density at radius 1 is 1.14 bits per heavy atom. The van der Waals surface area contributed by atoms with E-state index in [1.54, 1.807) is 13.2 Å². The summed E-state index contributed by atoms with van der Waals surface area (Å²) < 4.78 is 5.23. The molecule has 0 fully saturated rings. The van der Waals surface area contributed by atoms with Gasteiger partial charge in [0.05, 0.1) is 7.11 Å². The van der Waals surface area contributed by atoms with Crippen molar-refractivity contribution in [2.75, 3.05) is 7.11 Å². The zero-order valence-electron chi connectivity index (χ0n) is 11.8. The molecule has 0 bridgehead atoms. The van der Waals surface area contributed by atoms with Crippen LogP contribution < -0.4 is 16.0 Å². The maximum atomic E-state index is 6.21. The molecule has 0 heterocycles. The smallest absolute Gasteiger partial charge is 0.119 e. The number of nitrogens with one attached hydrogen (secondary N) is 1. The Labute approximate surface area is 135 Å². The Kier molecular flexibility index (Phi) is 5.88. The van der Waals surface area contributed by atoms with E-state index in [1.165, 1.54) is 0 Å². The first-order valence-electron chi connectivity index (χ1n) is 6.65. The van der Waals surface area contributed by atoms with Gasteiger partial charge in [0.15, 0.2) is 0 Å². The lowest BCUT2D eigenvalue weighted by atomic mass is 9.99. The first kappa shape index (κ1) is 16.1. The summed E-state index contributed by atoms with van der Waals surface area (Å²) >= 11 is 12.1. The standard InChI is InChI=1S/C16H18Cl2N2O/c1-21-15-4-2-3-11(8-15)7-14(20-19)9-12-5-6-13(17)10-16(12)18/h2-6,8,10,14,20H,7,9,19H2,1H3. The van der Waals surface area contributed by atoms with Crippen molar-refractivity contribution in [1.29, 1.82) is 0 Å². The largest absolute Gasteiger partial charge is 0.497 e. The topological polar surface area (TPSA) is 47.3 Å². The zero-order chi connectivity index (χ0) is 15.2. The normalized spacial score (nSPS) is 12.2. The summed E-state index contributed by atoms with van der Waals surface area (Å²) in [5.74, 6) is 6.51. The highest BCUT2D eigenvalue weighted by molar-refractivity contribution is 6.35. The van der Waals surface area contributed by atoms with Crippen LogP contribution in [0.15, 0.2) is 42.5 Å². The third-order valence-electron chi connectivity index (χ3n) is 3.33. The van der Waals surface area contributed by atoms with Crippen molar-refractivity contribution in [1.82, 2.24) is 5.43 Å². The second-order valence-electron chi connectivity index (χ2n) is 4.86. The van der Waals surface area contributed by atoms with Gasteiger partial charge in [0, 0.05) is 16.1 Å². The van der Waals surface area contributed by atoms with Crippen LogP contribution in [0.1, 0.15) is 11.1 Å². The molecule has 3 N–H and O–H groups in total. The number of hydrogen-bond acceptors (Lipinski definition) is 3. The molecule has 0 saturated carbocycles. The van der Waals surface area contributed by atoms with Gasteiger partial charge in [-0.3, -0.25) is 11.3 Å². The molecule has 2 aromatic carbocycles. The number of hydrogen-bond donors (Lipinski definition) is 2. The summed E-state index contributed by atoms with van der Waals surface area (Å²) in [6.45, 7) is 0. The van der Waals surface area contributed by atoms with Crippen molar-refractivity contribution in [3.8, 4) is 5.75 Å². The average Bonchev–Trinajstić information content (AvgIpc) is 2.49. The minimum absolute atomic E-state index is 0.0794. The van der Waals surface area contributed by atoms with E-state index in [1.807, 2.05) is 30.3 Å². The monoisotopic (exact) mass is 324 g/mol. The summed E-state index contributed by atoms with van der Waals surface area (Å²) in [6.07, 6.45) is 1.51. The predicted octanol–water partition coefficient (Wildman–Crippen LogP) is 3.62. The maximum Gasteiger partial charge on any atom is 0.119 e. The van der Waals surface area contributed by atoms with E-state index in [9.17, 15) is 0 Å². The fourth-order valence-corrected chi connectivity index (χ4v) is 2.71. The third-order valence-corrected chi connectivity index (χ3v) is 3.92. The molecule has 3 nitrogen and oxygen atoms in total. The van der Waals surface area contributed by atoms with Crippen molar-refractivity contribution in [3.63, 3.8) is 0 Å². The van der Waals surface area contributed by atoms with Crippen LogP contribution in [0.5, 0.6) is 5.75 Å². The molecular weight excluding hydrogens is 307 g/mol. The number of hydrazine groups is 1. The molecule has 0 aliphatic heterocycles. The third kappa shape index (κ3) is 4.61. The molecule has 112 valence electrons. The van der Waals surface area contributed by atoms with E-state index >= 15 is 0 Å². The summed E-state index contributed by atoms with van der Waals surface area (Å²) in [4.78, 5) is 0. The highest BCUT2D eigenvalue weighted by atomic mass is 35.5. The lowest BCUT2D eigenvalue weighted by Crippen LogP contribution is -2.38. The molecule has 0 saturated heterocycles. The Hall–Kier alpha value is -1.26. The average molecular weight is 325 g/mol. The van der Waals surface area contributed by atoms with E-state index in [4.69, 9.17) is 33.8 Å². The van der Waals surface area contributed by atoms with Crippen LogP contribution in [-0.2, 0) is 12.8 Å². The lowest BCUT2D eigenvalue weighted by Gasteiger charge is -2.17. The molecule has 21 heavy (non-hydrogen) atoms. The van der Waals surface area contributed by atoms with Crippen LogP contribution in [0.4, 0.5) is 0 Å². The SMILES string of the molecule is COc1cccc(CC(Cc2ccc(Cl)cc2Cl)NN)c1. The molecule has 1 unspecified atom stereocenters. The number of benzene rings is 2. The molecule has 2 aromatic rings. The van der Waals surface area contributed by atoms with Crippen molar-refractivity contribution < 1.29 is 4.74 Å². The van der Waals surface area contributed by atoms with E-state index in [-0.39, 0.29) is 6.04 Å². The van der Waals surface area contributed by atoms with Gasteiger partial charge in [0.25, 0.3) is 0 Å². The van der Waals surface area contributed by atoms with Gasteiger partial charge < -0.3 is 4.74 Å². The number of halogens is 2. The summed E-state index contributed by atoms with van der Waals surface area (Å²) in [5.41, 5.74) is 5.02. The quantitative estimate of drug-likeness (QED) is 0.630. The van der Waals surface area contributed by atoms with Crippen LogP contribution in [0.25, 0.3) is 0 Å². The first-order chi connectivity index (χ1) is 10.1. The first-order valence-corrected chi connectivity index (χ1v) is 7.41. The molecule has 0 aliphatic rings. The number of ether oxygens (including phenoxy) is 1. The van der Waals surface area contributed by atoms with Crippen LogP contribution in [-0.4, -0.2) is 13.2 Å². The zero-order valence-corrected chi connectivity index (χ0v) is 13.3. The summed E-state index contributed by atoms with van der Waals surface area (Å²) in [7, 11) is 1.66. The minimum Gasteiger partial charge on any atom is -0.497 e. The van der Waals surface area contributed by atoms with Gasteiger partial charge in [-0.05, 0) is 48.2 Å². The van der Waals surface area contributed by atoms with Crippen molar-refractivity contribution >= 4 is 23.2 Å². The van der Waals surface area contributed by atoms with E-state index in [2.05, 4.69) is 11.5 Å². The minimum atomic E-state index is 0.0794. The Morgan fingerprint density at radius 2 is 1.95 bits per heavy atom. The fraction of sp³-hybridized carbons (Fsp3) is 0.250. The molecule has 1 atom stereocenters. The van der Waals surface area contributed by atoms with Crippen LogP contribution in [0, 0.1) is 0 Å². The highest BCUT2D eigenvalue weighted by Gasteiger charge is 2.12. The van der Waals surface area contributed by atoms with E-state index in [0.717, 1.165) is 29.7 Å². The van der Waals surface area contributed by atoms with Crippen LogP contribution >= 0.6 is 23.2 Å². The molecule has 0 aliphatic carbocycles. The van der Waals surface area contributed by atoms with Crippen LogP contribution in [0.3, 0.4) is 0 Å². The van der Waals surface area contributed by atoms with Gasteiger partial charge in [-0.2, -0.15) is 0 Å². The van der Waals surface area contributed by atoms with Crippen molar-refractivity contribution in [2.24, 2.45) is 5.84 Å². The van der Waals surface area contributed by atoms with E-state index in [0.29, 0.717) is 10.0 Å². The second kappa shape index (κ2) is 7.66. The molecule has 5 heteroatoms. The van der Waals surface area contributed by atoms with Crippen LogP contribution in [0.2, 0.25) is 10.0 Å². The van der Waals surface area contributed by atoms with Gasteiger partial charge >= 0.3 is 0 Å². The molecule has 0 amide bonds. The maximum absolute atomic E-state index is 6.21. The molecule has 0 aromatic heterocycles. The Bertz CT molecular complexity index is 605. The Morgan fingerprint density at radius 3 is 2.62 bits per heavy atom. The van der Waals surface area contributed by atoms with Gasteiger partial charge in [0.1, 0.15) is 5.75 Å². The molecule has 0 radical (unpaired) electrons. The molecule has 0 spiro atoms.